The highest BCUT2D eigenvalue weighted by Gasteiger charge is 2.08. The molecule has 0 fully saturated rings. The molecular formula is C12H10Br2N4O2. The number of nitrogens with one attached hydrogen (secondary N) is 2. The van der Waals surface area contributed by atoms with Crippen LogP contribution in [0.25, 0.3) is 0 Å². The number of hydrogen-bond donors (Lipinski definition) is 3. The summed E-state index contributed by atoms with van der Waals surface area (Å²) in [5, 5.41) is 19.9. The molecule has 1 aromatic heterocycles. The molecule has 6 nitrogen and oxygen atoms in total. The molecule has 0 aliphatic heterocycles. The number of aryl methyl sites for hydroxylation is 1. The molecule has 2 aromatic rings. The van der Waals surface area contributed by atoms with E-state index in [1.165, 1.54) is 12.3 Å². The Bertz CT molecular complexity index is 682. The molecule has 3 N–H and O–H groups in total. The second-order valence-electron chi connectivity index (χ2n) is 3.96. The van der Waals surface area contributed by atoms with Gasteiger partial charge in [-0.25, -0.2) is 5.43 Å². The predicted molar refractivity (Wildman–Crippen MR) is 81.9 cm³/mol. The van der Waals surface area contributed by atoms with Crippen molar-refractivity contribution in [2.45, 2.75) is 6.92 Å². The number of carbonyl (C=O) groups excluding carboxylic acids is 1. The fourth-order valence-electron chi connectivity index (χ4n) is 1.40. The minimum atomic E-state index is -0.414. The number of halogens is 2. The zero-order valence-electron chi connectivity index (χ0n) is 10.3. The molecular weight excluding hydrogens is 392 g/mol. The average Bonchev–Trinajstić information content (AvgIpc) is 2.82. The monoisotopic (exact) mass is 400 g/mol. The normalized spacial score (nSPS) is 10.9. The third-order valence-corrected chi connectivity index (χ3v) is 3.70. The van der Waals surface area contributed by atoms with E-state index in [1.54, 1.807) is 19.1 Å². The summed E-state index contributed by atoms with van der Waals surface area (Å²) in [6.07, 6.45) is 1.42. The molecule has 0 unspecified atom stereocenters. The fourth-order valence-corrected chi connectivity index (χ4v) is 2.50. The number of aromatic nitrogens is 2. The van der Waals surface area contributed by atoms with Gasteiger partial charge >= 0.3 is 0 Å². The molecule has 104 valence electrons. The van der Waals surface area contributed by atoms with E-state index in [4.69, 9.17) is 0 Å². The molecule has 0 aliphatic carbocycles. The Labute approximate surface area is 131 Å². The Hall–Kier alpha value is -1.67. The Morgan fingerprint density at radius 2 is 2.15 bits per heavy atom. The van der Waals surface area contributed by atoms with Crippen LogP contribution in [0.3, 0.4) is 0 Å². The molecule has 8 heteroatoms. The van der Waals surface area contributed by atoms with Crippen molar-refractivity contribution in [2.75, 3.05) is 0 Å². The van der Waals surface area contributed by atoms with Gasteiger partial charge in [0.1, 0.15) is 5.75 Å². The predicted octanol–water partition coefficient (Wildman–Crippen LogP) is 2.71. The second kappa shape index (κ2) is 6.19. The van der Waals surface area contributed by atoms with Gasteiger partial charge in [-0.3, -0.25) is 9.89 Å². The van der Waals surface area contributed by atoms with Gasteiger partial charge in [-0.15, -0.1) is 0 Å². The molecule has 20 heavy (non-hydrogen) atoms. The molecule has 0 radical (unpaired) electrons. The van der Waals surface area contributed by atoms with Gasteiger partial charge in [0.05, 0.1) is 10.7 Å². The van der Waals surface area contributed by atoms with E-state index in [2.05, 4.69) is 52.6 Å². The van der Waals surface area contributed by atoms with E-state index in [1.807, 2.05) is 0 Å². The molecule has 0 aliphatic rings. The number of carbonyl (C=O) groups is 1. The van der Waals surface area contributed by atoms with Crippen molar-refractivity contribution in [3.05, 3.63) is 44.1 Å². The number of hydrogen-bond acceptors (Lipinski definition) is 4. The summed E-state index contributed by atoms with van der Waals surface area (Å²) in [4.78, 5) is 11.7. The lowest BCUT2D eigenvalue weighted by molar-refractivity contribution is 0.0950. The lowest BCUT2D eigenvalue weighted by atomic mass is 10.2. The van der Waals surface area contributed by atoms with Crippen LogP contribution >= 0.6 is 31.9 Å². The number of aromatic amines is 1. The minimum absolute atomic E-state index is 0.0869. The first-order valence-corrected chi connectivity index (χ1v) is 7.09. The lowest BCUT2D eigenvalue weighted by Crippen LogP contribution is -2.18. The summed E-state index contributed by atoms with van der Waals surface area (Å²) in [5.74, 6) is -0.327. The molecule has 1 heterocycles. The van der Waals surface area contributed by atoms with Crippen LogP contribution in [0.15, 0.2) is 32.2 Å². The molecule has 1 amide bonds. The van der Waals surface area contributed by atoms with Crippen molar-refractivity contribution in [3.63, 3.8) is 0 Å². The first-order chi connectivity index (χ1) is 9.47. The van der Waals surface area contributed by atoms with Crippen molar-refractivity contribution < 1.29 is 9.90 Å². The number of phenols is 1. The molecule has 1 aromatic carbocycles. The Morgan fingerprint density at radius 1 is 1.40 bits per heavy atom. The third kappa shape index (κ3) is 3.45. The molecule has 0 saturated heterocycles. The van der Waals surface area contributed by atoms with E-state index >= 15 is 0 Å². The van der Waals surface area contributed by atoms with Crippen molar-refractivity contribution in [2.24, 2.45) is 5.10 Å². The van der Waals surface area contributed by atoms with Gasteiger partial charge < -0.3 is 5.11 Å². The van der Waals surface area contributed by atoms with E-state index in [0.717, 1.165) is 10.2 Å². The number of H-pyrrole nitrogens is 1. The zero-order chi connectivity index (χ0) is 14.7. The second-order valence-corrected chi connectivity index (χ2v) is 5.67. The maximum absolute atomic E-state index is 11.7. The quantitative estimate of drug-likeness (QED) is 0.545. The Balaban J connectivity index is 2.07. The number of phenolic OH excluding ortho intramolecular Hbond substituents is 1. The first kappa shape index (κ1) is 14.7. The standard InChI is InChI=1S/C12H10Br2N4O2/c1-6-2-10(17-16-6)12(20)18-15-5-7-3-11(19)9(14)4-8(7)13/h2-5,19H,1H3,(H,16,17)(H,18,20)/b15-5-. The van der Waals surface area contributed by atoms with Gasteiger partial charge in [0, 0.05) is 15.7 Å². The molecule has 0 bridgehead atoms. The first-order valence-electron chi connectivity index (χ1n) is 5.51. The summed E-state index contributed by atoms with van der Waals surface area (Å²) in [5.41, 5.74) is 4.04. The van der Waals surface area contributed by atoms with E-state index in [-0.39, 0.29) is 11.4 Å². The lowest BCUT2D eigenvalue weighted by Gasteiger charge is -2.02. The molecule has 2 rings (SSSR count). The number of aromatic hydroxyl groups is 1. The van der Waals surface area contributed by atoms with E-state index in [9.17, 15) is 9.90 Å². The summed E-state index contributed by atoms with van der Waals surface area (Å²) < 4.78 is 1.30. The van der Waals surface area contributed by atoms with E-state index in [0.29, 0.717) is 10.0 Å². The van der Waals surface area contributed by atoms with Crippen LogP contribution in [-0.2, 0) is 0 Å². The van der Waals surface area contributed by atoms with Crippen LogP contribution in [0.1, 0.15) is 21.7 Å². The van der Waals surface area contributed by atoms with Gasteiger partial charge in [0.15, 0.2) is 5.69 Å². The highest BCUT2D eigenvalue weighted by atomic mass is 79.9. The molecule has 0 atom stereocenters. The average molecular weight is 402 g/mol. The van der Waals surface area contributed by atoms with Gasteiger partial charge in [0.25, 0.3) is 5.91 Å². The molecule has 0 spiro atoms. The van der Waals surface area contributed by atoms with Crippen LogP contribution in [0.2, 0.25) is 0 Å². The van der Waals surface area contributed by atoms with Crippen LogP contribution in [0.4, 0.5) is 0 Å². The van der Waals surface area contributed by atoms with Gasteiger partial charge in [-0.1, -0.05) is 15.9 Å². The Kier molecular flexibility index (Phi) is 4.56. The van der Waals surface area contributed by atoms with Gasteiger partial charge in [-0.2, -0.15) is 10.2 Å². The van der Waals surface area contributed by atoms with E-state index < -0.39 is 5.91 Å². The number of hydrazone groups is 1. The van der Waals surface area contributed by atoms with Crippen molar-refractivity contribution in [1.29, 1.82) is 0 Å². The zero-order valence-corrected chi connectivity index (χ0v) is 13.5. The SMILES string of the molecule is Cc1cc(C(=O)N/N=C\c2cc(O)c(Br)cc2Br)n[nH]1. The maximum Gasteiger partial charge on any atom is 0.291 e. The Morgan fingerprint density at radius 3 is 2.80 bits per heavy atom. The van der Waals surface area contributed by atoms with Crippen molar-refractivity contribution in [3.8, 4) is 5.75 Å². The van der Waals surface area contributed by atoms with Crippen LogP contribution in [0, 0.1) is 6.92 Å². The van der Waals surface area contributed by atoms with Crippen LogP contribution in [-0.4, -0.2) is 27.4 Å². The summed E-state index contributed by atoms with van der Waals surface area (Å²) in [7, 11) is 0. The van der Waals surface area contributed by atoms with Crippen molar-refractivity contribution in [1.82, 2.24) is 15.6 Å². The third-order valence-electron chi connectivity index (χ3n) is 2.37. The van der Waals surface area contributed by atoms with Crippen LogP contribution < -0.4 is 5.43 Å². The largest absolute Gasteiger partial charge is 0.507 e. The highest BCUT2D eigenvalue weighted by molar-refractivity contribution is 9.11. The summed E-state index contributed by atoms with van der Waals surface area (Å²) >= 11 is 6.53. The van der Waals surface area contributed by atoms with Crippen LogP contribution in [0.5, 0.6) is 5.75 Å². The number of nitrogens with zero attached hydrogens (tertiary/aromatic N) is 2. The number of benzene rings is 1. The van der Waals surface area contributed by atoms with Gasteiger partial charge in [0.2, 0.25) is 0 Å². The number of amides is 1. The van der Waals surface area contributed by atoms with Crippen molar-refractivity contribution >= 4 is 44.0 Å². The number of rotatable bonds is 3. The minimum Gasteiger partial charge on any atom is -0.507 e. The summed E-state index contributed by atoms with van der Waals surface area (Å²) in [6.45, 7) is 1.80. The highest BCUT2D eigenvalue weighted by Crippen LogP contribution is 2.29. The fraction of sp³-hybridized carbons (Fsp3) is 0.0833. The topological polar surface area (TPSA) is 90.4 Å². The summed E-state index contributed by atoms with van der Waals surface area (Å²) in [6, 6.07) is 4.82. The smallest absolute Gasteiger partial charge is 0.291 e. The maximum atomic E-state index is 11.7. The molecule has 0 saturated carbocycles. The van der Waals surface area contributed by atoms with Gasteiger partial charge in [-0.05, 0) is 41.1 Å².